The van der Waals surface area contributed by atoms with E-state index in [-0.39, 0.29) is 21.4 Å². The lowest BCUT2D eigenvalue weighted by Crippen LogP contribution is -1.96. The van der Waals surface area contributed by atoms with Crippen molar-refractivity contribution in [2.45, 2.75) is 0 Å². The molecule has 6 nitrogen and oxygen atoms in total. The van der Waals surface area contributed by atoms with Gasteiger partial charge in [0, 0.05) is 38.4 Å². The van der Waals surface area contributed by atoms with Crippen LogP contribution in [0.25, 0.3) is 33.1 Å². The van der Waals surface area contributed by atoms with Crippen LogP contribution in [0.15, 0.2) is 59.7 Å². The molecular formula is C30H10N4O2S6. The number of carbonyl (C=O) groups excluding carboxylic acids is 2. The van der Waals surface area contributed by atoms with Crippen molar-refractivity contribution < 1.29 is 9.59 Å². The Bertz CT molecular complexity index is 2150. The van der Waals surface area contributed by atoms with Gasteiger partial charge in [0.05, 0.1) is 20.2 Å². The summed E-state index contributed by atoms with van der Waals surface area (Å²) in [5, 5.41) is 36.1. The summed E-state index contributed by atoms with van der Waals surface area (Å²) in [4.78, 5) is 31.2. The lowest BCUT2D eigenvalue weighted by Gasteiger charge is -1.99. The fraction of sp³-hybridized carbons (Fsp3) is 0. The van der Waals surface area contributed by atoms with Crippen LogP contribution in [0.4, 0.5) is 0 Å². The third-order valence-corrected chi connectivity index (χ3v) is 12.5. The molecule has 0 saturated heterocycles. The van der Waals surface area contributed by atoms with Gasteiger partial charge in [-0.2, -0.15) is 21.0 Å². The fourth-order valence-electron chi connectivity index (χ4n) is 4.14. The predicted octanol–water partition coefficient (Wildman–Crippen LogP) is 4.66. The largest absolute Gasteiger partial charge is 0.281 e. The Hall–Kier alpha value is -4.24. The number of thiophene rings is 4. The number of hydrogen-bond donors (Lipinski definition) is 0. The smallest absolute Gasteiger partial charge is 0.226 e. The van der Waals surface area contributed by atoms with Crippen molar-refractivity contribution in [2.24, 2.45) is 0 Å². The molecule has 0 N–H and O–H groups in total. The summed E-state index contributed by atoms with van der Waals surface area (Å²) in [6, 6.07) is 22.5. The van der Waals surface area contributed by atoms with E-state index < -0.39 is 0 Å². The van der Waals surface area contributed by atoms with Crippen LogP contribution < -0.4 is 18.1 Å². The number of carbonyl (C=O) groups is 2. The van der Waals surface area contributed by atoms with E-state index >= 15 is 0 Å². The third-order valence-electron chi connectivity index (χ3n) is 5.97. The molecule has 4 aromatic rings. The van der Waals surface area contributed by atoms with Gasteiger partial charge in [0.25, 0.3) is 0 Å². The molecule has 4 aromatic heterocycles. The lowest BCUT2D eigenvalue weighted by atomic mass is 10.1. The van der Waals surface area contributed by atoms with Gasteiger partial charge in [-0.1, -0.05) is 0 Å². The number of thioether (sulfide) groups is 2. The van der Waals surface area contributed by atoms with Crippen LogP contribution in [0.5, 0.6) is 0 Å². The highest BCUT2D eigenvalue weighted by molar-refractivity contribution is 8.26. The van der Waals surface area contributed by atoms with Crippen LogP contribution in [0, 0.1) is 45.3 Å². The first-order valence-corrected chi connectivity index (χ1v) is 16.7. The molecule has 12 heteroatoms. The molecule has 0 aliphatic carbocycles. The van der Waals surface area contributed by atoms with Crippen molar-refractivity contribution in [3.05, 3.63) is 97.3 Å². The van der Waals surface area contributed by atoms with Gasteiger partial charge < -0.3 is 0 Å². The van der Waals surface area contributed by atoms with E-state index in [4.69, 9.17) is 21.0 Å². The Morgan fingerprint density at radius 3 is 1.33 bits per heavy atom. The van der Waals surface area contributed by atoms with Crippen LogP contribution in [0.3, 0.4) is 0 Å². The second-order valence-corrected chi connectivity index (χ2v) is 14.9. The zero-order chi connectivity index (χ0) is 29.4. The topological polar surface area (TPSA) is 129 Å². The van der Waals surface area contributed by atoms with Crippen molar-refractivity contribution in [3.63, 3.8) is 0 Å². The van der Waals surface area contributed by atoms with E-state index in [1.165, 1.54) is 45.3 Å². The van der Waals surface area contributed by atoms with Gasteiger partial charge in [-0.05, 0) is 84.2 Å². The number of nitriles is 4. The maximum atomic E-state index is 13.2. The highest BCUT2D eigenvalue weighted by atomic mass is 32.2. The van der Waals surface area contributed by atoms with Crippen molar-refractivity contribution in [1.82, 2.24) is 0 Å². The molecule has 0 bridgehead atoms. The molecule has 0 unspecified atom stereocenters. The Morgan fingerprint density at radius 2 is 0.952 bits per heavy atom. The molecule has 198 valence electrons. The predicted molar refractivity (Wildman–Crippen MR) is 171 cm³/mol. The maximum Gasteiger partial charge on any atom is 0.226 e. The number of rotatable bonds is 4. The molecule has 2 aliphatic rings. The molecule has 0 saturated carbocycles. The Balaban J connectivity index is 1.34. The van der Waals surface area contributed by atoms with Crippen LogP contribution in [0.1, 0.15) is 19.5 Å². The molecule has 42 heavy (non-hydrogen) atoms. The normalized spacial score (nSPS) is 15.0. The summed E-state index contributed by atoms with van der Waals surface area (Å²) in [6.07, 6.45) is 3.91. The monoisotopic (exact) mass is 650 g/mol. The molecule has 6 rings (SSSR count). The van der Waals surface area contributed by atoms with Gasteiger partial charge in [0.1, 0.15) is 35.4 Å². The van der Waals surface area contributed by atoms with E-state index in [2.05, 4.69) is 0 Å². The Labute approximate surface area is 262 Å². The SMILES string of the molecule is N#CC(C#N)=c1cc/c(=C\c2ccc(C3=C4C(=O)SC(c5ccc(/C=c6\ccc(=C(C#N)C#N)s6)s5)=C4C(=O)S3)s2)s1. The standard InChI is InChI=1S/C30H10N4O2S6/c31-11-15(12-32)21-5-1-17(37-21)9-19-3-7-23(39-19)27-25-26(30(36)41-27)28(42-29(25)35)24-8-4-20(40-24)10-18-2-6-22(38-18)16(13-33)14-34/h1-10H/b17-9+,18-10+. The average Bonchev–Trinajstić information content (AvgIpc) is 3.81. The van der Waals surface area contributed by atoms with Crippen molar-refractivity contribution in [3.8, 4) is 24.3 Å². The molecule has 2 aliphatic heterocycles. The second kappa shape index (κ2) is 11.6. The van der Waals surface area contributed by atoms with Crippen LogP contribution >= 0.6 is 68.9 Å². The molecule has 0 amide bonds. The molecule has 0 aromatic carbocycles. The minimum Gasteiger partial charge on any atom is -0.281 e. The van der Waals surface area contributed by atoms with Gasteiger partial charge >= 0.3 is 0 Å². The molecule has 0 atom stereocenters. The summed E-state index contributed by atoms with van der Waals surface area (Å²) in [6.45, 7) is 0. The number of fused-ring (bicyclic) bond motifs is 1. The lowest BCUT2D eigenvalue weighted by molar-refractivity contribution is -0.109. The van der Waals surface area contributed by atoms with Gasteiger partial charge in [-0.15, -0.1) is 45.3 Å². The summed E-state index contributed by atoms with van der Waals surface area (Å²) in [7, 11) is 0. The zero-order valence-electron chi connectivity index (χ0n) is 20.8. The summed E-state index contributed by atoms with van der Waals surface area (Å²) < 4.78 is 3.01. The minimum atomic E-state index is -0.149. The van der Waals surface area contributed by atoms with E-state index in [9.17, 15) is 9.59 Å². The van der Waals surface area contributed by atoms with E-state index in [1.807, 2.05) is 72.8 Å². The quantitative estimate of drug-likeness (QED) is 0.312. The van der Waals surface area contributed by atoms with Crippen LogP contribution in [0.2, 0.25) is 0 Å². The summed E-state index contributed by atoms with van der Waals surface area (Å²) >= 11 is 7.81. The van der Waals surface area contributed by atoms with Gasteiger partial charge in [0.15, 0.2) is 0 Å². The Morgan fingerprint density at radius 1 is 0.548 bits per heavy atom. The average molecular weight is 651 g/mol. The van der Waals surface area contributed by atoms with Crippen molar-refractivity contribution in [1.29, 1.82) is 21.0 Å². The highest BCUT2D eigenvalue weighted by Gasteiger charge is 2.42. The first-order valence-electron chi connectivity index (χ1n) is 11.8. The molecule has 0 radical (unpaired) electrons. The highest BCUT2D eigenvalue weighted by Crippen LogP contribution is 2.56. The number of hydrogen-bond acceptors (Lipinski definition) is 12. The van der Waals surface area contributed by atoms with E-state index in [1.54, 1.807) is 12.1 Å². The molecule has 0 fully saturated rings. The maximum absolute atomic E-state index is 13.2. The minimum absolute atomic E-state index is 0.0755. The van der Waals surface area contributed by atoms with Gasteiger partial charge in [-0.3, -0.25) is 9.59 Å². The van der Waals surface area contributed by atoms with Gasteiger partial charge in [0.2, 0.25) is 10.2 Å². The van der Waals surface area contributed by atoms with E-state index in [0.717, 1.165) is 52.1 Å². The van der Waals surface area contributed by atoms with Crippen molar-refractivity contribution in [2.75, 3.05) is 0 Å². The molecule has 0 spiro atoms. The summed E-state index contributed by atoms with van der Waals surface area (Å²) in [5.41, 5.74) is 1.06. The van der Waals surface area contributed by atoms with Crippen molar-refractivity contribution >= 4 is 112 Å². The van der Waals surface area contributed by atoms with E-state index in [0.29, 0.717) is 30.0 Å². The zero-order valence-corrected chi connectivity index (χ0v) is 25.7. The van der Waals surface area contributed by atoms with Crippen LogP contribution in [-0.4, -0.2) is 10.2 Å². The van der Waals surface area contributed by atoms with Crippen LogP contribution in [-0.2, 0) is 9.59 Å². The Kier molecular flexibility index (Phi) is 7.68. The molecular weight excluding hydrogens is 641 g/mol. The first kappa shape index (κ1) is 27.9. The summed E-state index contributed by atoms with van der Waals surface area (Å²) in [5.74, 6) is 0. The number of nitrogens with zero attached hydrogens (tertiary/aromatic N) is 4. The second-order valence-electron chi connectivity index (χ2n) is 8.48. The molecule has 6 heterocycles. The third kappa shape index (κ3) is 5.13. The van der Waals surface area contributed by atoms with Gasteiger partial charge in [-0.25, -0.2) is 0 Å². The fourth-order valence-corrected chi connectivity index (χ4v) is 10.5. The first-order chi connectivity index (χ1) is 20.4.